The number of amides is 2. The van der Waals surface area contributed by atoms with Crippen molar-refractivity contribution in [2.24, 2.45) is 17.6 Å². The van der Waals surface area contributed by atoms with E-state index in [2.05, 4.69) is 17.6 Å². The monoisotopic (exact) mass is 359 g/mol. The molecule has 0 spiro atoms. The van der Waals surface area contributed by atoms with Crippen molar-refractivity contribution in [3.05, 3.63) is 28.8 Å². The van der Waals surface area contributed by atoms with Gasteiger partial charge < -0.3 is 16.4 Å². The van der Waals surface area contributed by atoms with Gasteiger partial charge in [-0.1, -0.05) is 18.5 Å². The summed E-state index contributed by atoms with van der Waals surface area (Å²) in [6.07, 6.45) is 2.78. The third-order valence-electron chi connectivity index (χ3n) is 4.16. The molecule has 0 aromatic heterocycles. The molecular weight excluding hydrogens is 337 g/mol. The molecule has 5 nitrogen and oxygen atoms in total. The van der Waals surface area contributed by atoms with E-state index in [0.29, 0.717) is 23.9 Å². The van der Waals surface area contributed by atoms with Gasteiger partial charge in [-0.3, -0.25) is 9.59 Å². The second-order valence-corrected chi connectivity index (χ2v) is 6.30. The van der Waals surface area contributed by atoms with E-state index in [0.717, 1.165) is 25.9 Å². The van der Waals surface area contributed by atoms with Gasteiger partial charge in [0.1, 0.15) is 0 Å². The van der Waals surface area contributed by atoms with E-state index in [9.17, 15) is 9.59 Å². The van der Waals surface area contributed by atoms with Gasteiger partial charge in [-0.25, -0.2) is 0 Å². The summed E-state index contributed by atoms with van der Waals surface area (Å²) in [5.41, 5.74) is 6.00. The van der Waals surface area contributed by atoms with Gasteiger partial charge in [-0.05, 0) is 56.0 Å². The number of hydrogen-bond donors (Lipinski definition) is 3. The lowest BCUT2D eigenvalue weighted by molar-refractivity contribution is -0.117. The summed E-state index contributed by atoms with van der Waals surface area (Å²) in [6, 6.07) is 4.74. The summed E-state index contributed by atoms with van der Waals surface area (Å²) >= 11 is 5.89. The molecule has 0 aliphatic carbocycles. The molecule has 23 heavy (non-hydrogen) atoms. The van der Waals surface area contributed by atoms with Crippen molar-refractivity contribution in [2.75, 3.05) is 18.4 Å². The maximum absolute atomic E-state index is 12.2. The molecule has 1 fully saturated rings. The summed E-state index contributed by atoms with van der Waals surface area (Å²) in [5.74, 6) is 0.181. The number of nitrogens with one attached hydrogen (secondary N) is 2. The maximum Gasteiger partial charge on any atom is 0.250 e. The van der Waals surface area contributed by atoms with E-state index in [1.807, 2.05) is 0 Å². The number of carbonyl (C=O) groups is 2. The van der Waals surface area contributed by atoms with Crippen molar-refractivity contribution in [2.45, 2.75) is 26.2 Å². The minimum Gasteiger partial charge on any atom is -0.366 e. The average molecular weight is 360 g/mol. The van der Waals surface area contributed by atoms with E-state index in [1.54, 1.807) is 12.1 Å². The Morgan fingerprint density at radius 3 is 2.83 bits per heavy atom. The zero-order valence-electron chi connectivity index (χ0n) is 13.1. The molecule has 1 aromatic rings. The zero-order valence-corrected chi connectivity index (χ0v) is 14.7. The van der Waals surface area contributed by atoms with Crippen molar-refractivity contribution >= 4 is 41.5 Å². The maximum atomic E-state index is 12.2. The summed E-state index contributed by atoms with van der Waals surface area (Å²) in [7, 11) is 0. The van der Waals surface area contributed by atoms with Crippen LogP contribution in [0, 0.1) is 11.8 Å². The van der Waals surface area contributed by atoms with Crippen LogP contribution in [0.1, 0.15) is 36.5 Å². The summed E-state index contributed by atoms with van der Waals surface area (Å²) in [6.45, 7) is 4.14. The third-order valence-corrected chi connectivity index (χ3v) is 4.49. The molecule has 1 aliphatic rings. The molecule has 2 atom stereocenters. The molecule has 0 bridgehead atoms. The van der Waals surface area contributed by atoms with E-state index < -0.39 is 5.91 Å². The number of carbonyl (C=O) groups excluding carboxylic acids is 2. The van der Waals surface area contributed by atoms with Crippen molar-refractivity contribution in [1.82, 2.24) is 5.32 Å². The highest BCUT2D eigenvalue weighted by Crippen LogP contribution is 2.24. The average Bonchev–Trinajstić information content (AvgIpc) is 2.49. The van der Waals surface area contributed by atoms with E-state index in [1.165, 1.54) is 6.07 Å². The predicted molar refractivity (Wildman–Crippen MR) is 95.2 cm³/mol. The van der Waals surface area contributed by atoms with Gasteiger partial charge in [0.25, 0.3) is 0 Å². The standard InChI is InChI=1S/C16H22ClN3O2.ClH/c1-10(11-3-2-6-19-9-11)7-15(21)20-12-4-5-14(17)13(8-12)16(18)22;/h4-5,8,10-11,19H,2-3,6-7,9H2,1H3,(H2,18,22)(H,20,21);1H. The van der Waals surface area contributed by atoms with Crippen LogP contribution >= 0.6 is 24.0 Å². The minimum atomic E-state index is -0.609. The smallest absolute Gasteiger partial charge is 0.250 e. The highest BCUT2D eigenvalue weighted by atomic mass is 35.5. The lowest BCUT2D eigenvalue weighted by Crippen LogP contribution is -2.34. The number of hydrogen-bond acceptors (Lipinski definition) is 3. The Labute approximate surface area is 147 Å². The number of halogens is 2. The molecule has 7 heteroatoms. The van der Waals surface area contributed by atoms with Crippen LogP contribution in [0.25, 0.3) is 0 Å². The number of nitrogens with two attached hydrogens (primary N) is 1. The SMILES string of the molecule is CC(CC(=O)Nc1ccc(Cl)c(C(N)=O)c1)C1CCCNC1.Cl. The molecule has 2 unspecified atom stereocenters. The number of rotatable bonds is 5. The van der Waals surface area contributed by atoms with Gasteiger partial charge >= 0.3 is 0 Å². The van der Waals surface area contributed by atoms with Crippen molar-refractivity contribution in [3.63, 3.8) is 0 Å². The first-order chi connectivity index (χ1) is 10.5. The van der Waals surface area contributed by atoms with Gasteiger partial charge in [-0.2, -0.15) is 0 Å². The van der Waals surface area contributed by atoms with Gasteiger partial charge in [0.2, 0.25) is 11.8 Å². The Hall–Kier alpha value is -1.30. The molecule has 2 rings (SSSR count). The fourth-order valence-electron chi connectivity index (χ4n) is 2.83. The van der Waals surface area contributed by atoms with Gasteiger partial charge in [-0.15, -0.1) is 12.4 Å². The molecule has 1 aliphatic heterocycles. The predicted octanol–water partition coefficient (Wildman–Crippen LogP) is 2.83. The molecule has 1 aromatic carbocycles. The topological polar surface area (TPSA) is 84.2 Å². The molecule has 0 saturated carbocycles. The third kappa shape index (κ3) is 5.68. The highest BCUT2D eigenvalue weighted by Gasteiger charge is 2.22. The van der Waals surface area contributed by atoms with Crippen LogP contribution in [0.2, 0.25) is 5.02 Å². The van der Waals surface area contributed by atoms with Crippen LogP contribution in [0.5, 0.6) is 0 Å². The second-order valence-electron chi connectivity index (χ2n) is 5.89. The van der Waals surface area contributed by atoms with Gasteiger partial charge in [0.15, 0.2) is 0 Å². The molecule has 0 radical (unpaired) electrons. The molecule has 2 amide bonds. The molecule has 1 saturated heterocycles. The van der Waals surface area contributed by atoms with Crippen LogP contribution < -0.4 is 16.4 Å². The van der Waals surface area contributed by atoms with Crippen LogP contribution in [-0.2, 0) is 4.79 Å². The Bertz CT molecular complexity index is 560. The van der Waals surface area contributed by atoms with Crippen LogP contribution in [-0.4, -0.2) is 24.9 Å². The van der Waals surface area contributed by atoms with E-state index in [4.69, 9.17) is 17.3 Å². The number of piperidine rings is 1. The number of benzene rings is 1. The molecule has 128 valence electrons. The Balaban J connectivity index is 0.00000264. The van der Waals surface area contributed by atoms with Crippen LogP contribution in [0.3, 0.4) is 0 Å². The number of primary amides is 1. The number of anilines is 1. The van der Waals surface area contributed by atoms with Crippen molar-refractivity contribution < 1.29 is 9.59 Å². The van der Waals surface area contributed by atoms with Gasteiger partial charge in [0, 0.05) is 12.1 Å². The zero-order chi connectivity index (χ0) is 16.1. The molecular formula is C16H23Cl2N3O2. The molecule has 1 heterocycles. The largest absolute Gasteiger partial charge is 0.366 e. The van der Waals surface area contributed by atoms with Gasteiger partial charge in [0.05, 0.1) is 10.6 Å². The fourth-order valence-corrected chi connectivity index (χ4v) is 3.04. The Morgan fingerprint density at radius 1 is 1.48 bits per heavy atom. The lowest BCUT2D eigenvalue weighted by atomic mass is 9.85. The van der Waals surface area contributed by atoms with E-state index >= 15 is 0 Å². The fraction of sp³-hybridized carbons (Fsp3) is 0.500. The Morgan fingerprint density at radius 2 is 2.22 bits per heavy atom. The van der Waals surface area contributed by atoms with Crippen LogP contribution in [0.15, 0.2) is 18.2 Å². The first-order valence-corrected chi connectivity index (χ1v) is 7.95. The second kappa shape index (κ2) is 9.11. The van der Waals surface area contributed by atoms with Crippen molar-refractivity contribution in [3.8, 4) is 0 Å². The van der Waals surface area contributed by atoms with Crippen molar-refractivity contribution in [1.29, 1.82) is 0 Å². The normalized spacial score (nSPS) is 18.6. The molecule has 4 N–H and O–H groups in total. The van der Waals surface area contributed by atoms with Crippen LogP contribution in [0.4, 0.5) is 5.69 Å². The minimum absolute atomic E-state index is 0. The first-order valence-electron chi connectivity index (χ1n) is 7.57. The summed E-state index contributed by atoms with van der Waals surface area (Å²) < 4.78 is 0. The quantitative estimate of drug-likeness (QED) is 0.755. The highest BCUT2D eigenvalue weighted by molar-refractivity contribution is 6.33. The summed E-state index contributed by atoms with van der Waals surface area (Å²) in [4.78, 5) is 23.4. The Kier molecular flexibility index (Phi) is 7.82. The van der Waals surface area contributed by atoms with E-state index in [-0.39, 0.29) is 28.9 Å². The first kappa shape index (κ1) is 19.7. The lowest BCUT2D eigenvalue weighted by Gasteiger charge is -2.28. The summed E-state index contributed by atoms with van der Waals surface area (Å²) in [5, 5.41) is 6.46.